The molecule has 2 N–H and O–H groups in total. The highest BCUT2D eigenvalue weighted by molar-refractivity contribution is 7.92. The molecule has 1 aliphatic rings. The Kier molecular flexibility index (Phi) is 4.24. The number of aromatic nitrogens is 1. The molecule has 0 saturated heterocycles. The van der Waals surface area contributed by atoms with Gasteiger partial charge in [0.15, 0.2) is 11.5 Å². The lowest BCUT2D eigenvalue weighted by Crippen LogP contribution is -2.15. The first-order chi connectivity index (χ1) is 11.1. The number of fused-ring (bicyclic) bond motifs is 1. The van der Waals surface area contributed by atoms with Gasteiger partial charge in [0.2, 0.25) is 16.8 Å². The molecule has 0 radical (unpaired) electrons. The van der Waals surface area contributed by atoms with Crippen LogP contribution in [0.1, 0.15) is 12.5 Å². The van der Waals surface area contributed by atoms with E-state index in [-0.39, 0.29) is 12.5 Å². The third kappa shape index (κ3) is 3.84. The second-order valence-electron chi connectivity index (χ2n) is 4.98. The Morgan fingerprint density at radius 1 is 1.17 bits per heavy atom. The van der Waals surface area contributed by atoms with Crippen LogP contribution in [0.4, 0.5) is 11.5 Å². The van der Waals surface area contributed by atoms with Gasteiger partial charge in [-0.15, -0.1) is 0 Å². The van der Waals surface area contributed by atoms with Crippen molar-refractivity contribution in [2.75, 3.05) is 22.6 Å². The third-order valence-electron chi connectivity index (χ3n) is 3.34. The maximum atomic E-state index is 11.5. The summed E-state index contributed by atoms with van der Waals surface area (Å²) in [6.45, 7) is 2.42. The number of sulfonamides is 1. The molecule has 0 fully saturated rings. The fourth-order valence-electron chi connectivity index (χ4n) is 2.05. The van der Waals surface area contributed by atoms with E-state index in [4.69, 9.17) is 9.47 Å². The molecule has 1 aromatic carbocycles. The van der Waals surface area contributed by atoms with Crippen molar-refractivity contribution in [1.29, 1.82) is 0 Å². The van der Waals surface area contributed by atoms with Crippen molar-refractivity contribution in [3.8, 4) is 11.5 Å². The molecule has 0 aliphatic carbocycles. The molecule has 2 aromatic rings. The number of ether oxygens (including phenoxy) is 2. The van der Waals surface area contributed by atoms with Crippen LogP contribution in [-0.2, 0) is 16.6 Å². The van der Waals surface area contributed by atoms with E-state index in [2.05, 4.69) is 15.0 Å². The van der Waals surface area contributed by atoms with Crippen molar-refractivity contribution >= 4 is 21.5 Å². The SMILES string of the molecule is CCS(=O)(=O)Nc1ccc(NCc2ccc3c(c2)OCO3)cn1. The summed E-state index contributed by atoms with van der Waals surface area (Å²) in [5, 5.41) is 3.22. The highest BCUT2D eigenvalue weighted by Crippen LogP contribution is 2.32. The quantitative estimate of drug-likeness (QED) is 0.841. The topological polar surface area (TPSA) is 89.6 Å². The van der Waals surface area contributed by atoms with E-state index in [1.807, 2.05) is 18.2 Å². The average Bonchev–Trinajstić information content (AvgIpc) is 3.01. The summed E-state index contributed by atoms with van der Waals surface area (Å²) in [6.07, 6.45) is 1.58. The van der Waals surface area contributed by atoms with Gasteiger partial charge in [-0.3, -0.25) is 4.72 Å². The molecule has 23 heavy (non-hydrogen) atoms. The molecule has 1 aliphatic heterocycles. The number of nitrogens with zero attached hydrogens (tertiary/aromatic N) is 1. The maximum absolute atomic E-state index is 11.5. The van der Waals surface area contributed by atoms with Crippen molar-refractivity contribution in [2.45, 2.75) is 13.5 Å². The van der Waals surface area contributed by atoms with E-state index >= 15 is 0 Å². The molecule has 8 heteroatoms. The number of anilines is 2. The Balaban J connectivity index is 1.60. The summed E-state index contributed by atoms with van der Waals surface area (Å²) in [7, 11) is -3.31. The van der Waals surface area contributed by atoms with Gasteiger partial charge in [-0.1, -0.05) is 6.07 Å². The zero-order valence-corrected chi connectivity index (χ0v) is 13.4. The standard InChI is InChI=1S/C15H17N3O4S/c1-2-23(19,20)18-15-6-4-12(9-17-15)16-8-11-3-5-13-14(7-11)22-10-21-13/h3-7,9,16H,2,8,10H2,1H3,(H,17,18). The minimum atomic E-state index is -3.31. The number of pyridine rings is 1. The highest BCUT2D eigenvalue weighted by Gasteiger charge is 2.13. The molecule has 7 nitrogen and oxygen atoms in total. The first-order valence-corrected chi connectivity index (χ1v) is 8.80. The highest BCUT2D eigenvalue weighted by atomic mass is 32.2. The number of nitrogens with one attached hydrogen (secondary N) is 2. The first kappa shape index (κ1) is 15.4. The van der Waals surface area contributed by atoms with Crippen LogP contribution in [0.2, 0.25) is 0 Å². The van der Waals surface area contributed by atoms with Crippen molar-refractivity contribution in [3.05, 3.63) is 42.1 Å². The molecule has 0 unspecified atom stereocenters. The van der Waals surface area contributed by atoms with E-state index in [1.165, 1.54) is 0 Å². The molecule has 3 rings (SSSR count). The average molecular weight is 335 g/mol. The van der Waals surface area contributed by atoms with Gasteiger partial charge < -0.3 is 14.8 Å². The van der Waals surface area contributed by atoms with Gasteiger partial charge in [0.1, 0.15) is 5.82 Å². The molecule has 0 spiro atoms. The Hall–Kier alpha value is -2.48. The lowest BCUT2D eigenvalue weighted by molar-refractivity contribution is 0.174. The van der Waals surface area contributed by atoms with Crippen LogP contribution >= 0.6 is 0 Å². The predicted molar refractivity (Wildman–Crippen MR) is 87.2 cm³/mol. The van der Waals surface area contributed by atoms with Crippen LogP contribution < -0.4 is 19.5 Å². The molecule has 0 saturated carbocycles. The minimum Gasteiger partial charge on any atom is -0.454 e. The number of hydrogen-bond acceptors (Lipinski definition) is 6. The lowest BCUT2D eigenvalue weighted by atomic mass is 10.2. The third-order valence-corrected chi connectivity index (χ3v) is 4.62. The maximum Gasteiger partial charge on any atom is 0.233 e. The zero-order chi connectivity index (χ0) is 16.3. The molecule has 1 aromatic heterocycles. The molecule has 0 bridgehead atoms. The number of benzene rings is 1. The summed E-state index contributed by atoms with van der Waals surface area (Å²) in [5.41, 5.74) is 1.84. The van der Waals surface area contributed by atoms with E-state index in [0.29, 0.717) is 12.4 Å². The van der Waals surface area contributed by atoms with Crippen LogP contribution in [0.3, 0.4) is 0 Å². The van der Waals surface area contributed by atoms with Gasteiger partial charge in [0, 0.05) is 6.54 Å². The Labute approximate surface area is 134 Å². The smallest absolute Gasteiger partial charge is 0.233 e. The summed E-state index contributed by atoms with van der Waals surface area (Å²) in [4.78, 5) is 4.08. The summed E-state index contributed by atoms with van der Waals surface area (Å²) < 4.78 is 35.9. The van der Waals surface area contributed by atoms with Crippen molar-refractivity contribution < 1.29 is 17.9 Å². The molecular formula is C15H17N3O4S. The summed E-state index contributed by atoms with van der Waals surface area (Å²) in [6, 6.07) is 9.15. The van der Waals surface area contributed by atoms with Gasteiger partial charge >= 0.3 is 0 Å². The van der Waals surface area contributed by atoms with Gasteiger partial charge in [-0.05, 0) is 36.8 Å². The summed E-state index contributed by atoms with van der Waals surface area (Å²) >= 11 is 0. The molecule has 0 amide bonds. The van der Waals surface area contributed by atoms with Gasteiger partial charge in [0.25, 0.3) is 0 Å². The predicted octanol–water partition coefficient (Wildman–Crippen LogP) is 2.18. The van der Waals surface area contributed by atoms with Crippen molar-refractivity contribution in [2.24, 2.45) is 0 Å². The number of hydrogen-bond donors (Lipinski definition) is 2. The normalized spacial score (nSPS) is 12.9. The molecule has 122 valence electrons. The molecule has 0 atom stereocenters. The minimum absolute atomic E-state index is 0.0127. The fraction of sp³-hybridized carbons (Fsp3) is 0.267. The van der Waals surface area contributed by atoms with E-state index in [0.717, 1.165) is 22.7 Å². The van der Waals surface area contributed by atoms with Gasteiger partial charge in [-0.25, -0.2) is 13.4 Å². The fourth-order valence-corrected chi connectivity index (χ4v) is 2.63. The van der Waals surface area contributed by atoms with Gasteiger partial charge in [0.05, 0.1) is 17.6 Å². The van der Waals surface area contributed by atoms with Crippen molar-refractivity contribution in [3.63, 3.8) is 0 Å². The molecular weight excluding hydrogens is 318 g/mol. The van der Waals surface area contributed by atoms with Crippen LogP contribution in [0.15, 0.2) is 36.5 Å². The van der Waals surface area contributed by atoms with Crippen LogP contribution in [-0.4, -0.2) is 25.9 Å². The van der Waals surface area contributed by atoms with E-state index in [1.54, 1.807) is 25.3 Å². The largest absolute Gasteiger partial charge is 0.454 e. The zero-order valence-electron chi connectivity index (χ0n) is 12.6. The van der Waals surface area contributed by atoms with Crippen LogP contribution in [0.5, 0.6) is 11.5 Å². The molecule has 2 heterocycles. The number of rotatable bonds is 6. The van der Waals surface area contributed by atoms with Crippen molar-refractivity contribution in [1.82, 2.24) is 4.98 Å². The lowest BCUT2D eigenvalue weighted by Gasteiger charge is -2.09. The Morgan fingerprint density at radius 3 is 2.74 bits per heavy atom. The van der Waals surface area contributed by atoms with E-state index < -0.39 is 10.0 Å². The van der Waals surface area contributed by atoms with Crippen LogP contribution in [0, 0.1) is 0 Å². The summed E-state index contributed by atoms with van der Waals surface area (Å²) in [5.74, 6) is 1.81. The second-order valence-corrected chi connectivity index (χ2v) is 6.99. The Bertz CT molecular complexity index is 791. The van der Waals surface area contributed by atoms with E-state index in [9.17, 15) is 8.42 Å². The second kappa shape index (κ2) is 6.33. The van der Waals surface area contributed by atoms with Gasteiger partial charge in [-0.2, -0.15) is 0 Å². The van der Waals surface area contributed by atoms with Crippen LogP contribution in [0.25, 0.3) is 0 Å². The monoisotopic (exact) mass is 335 g/mol. The Morgan fingerprint density at radius 2 is 2.00 bits per heavy atom. The first-order valence-electron chi connectivity index (χ1n) is 7.15.